The van der Waals surface area contributed by atoms with Crippen molar-refractivity contribution >= 4 is 35.3 Å². The molecule has 18 heteroatoms. The number of methoxy groups -OCH3 is 2. The first-order valence-electron chi connectivity index (χ1n) is 26.7. The van der Waals surface area contributed by atoms with Crippen molar-refractivity contribution < 1.29 is 33.6 Å². The molecule has 6 aromatic heterocycles. The number of H-pyrrole nitrogens is 2. The number of aryl methyl sites for hydroxylation is 4. The van der Waals surface area contributed by atoms with Crippen LogP contribution in [0.25, 0.3) is 33.3 Å². The Morgan fingerprint density at radius 1 is 0.617 bits per heavy atom. The van der Waals surface area contributed by atoms with Crippen LogP contribution in [-0.2, 0) is 22.6 Å². The number of carboxylic acid groups (broad SMARTS) is 1. The highest BCUT2D eigenvalue weighted by atomic mass is 35.5. The van der Waals surface area contributed by atoms with Crippen molar-refractivity contribution in [2.45, 2.75) is 88.0 Å². The smallest absolute Gasteiger partial charge is 0.336 e. The van der Waals surface area contributed by atoms with Crippen LogP contribution < -0.4 is 31.6 Å². The highest BCUT2D eigenvalue weighted by Gasteiger charge is 2.28. The van der Waals surface area contributed by atoms with Crippen molar-refractivity contribution in [1.29, 1.82) is 0 Å². The fraction of sp³-hybridized carbons (Fsp3) is 0.365. The Morgan fingerprint density at radius 2 is 1.01 bits per heavy atom. The fourth-order valence-electron chi connectivity index (χ4n) is 10.9. The third-order valence-corrected chi connectivity index (χ3v) is 15.3. The van der Waals surface area contributed by atoms with Gasteiger partial charge in [-0.3, -0.25) is 24.2 Å². The first-order chi connectivity index (χ1) is 37.9. The van der Waals surface area contributed by atoms with E-state index in [9.17, 15) is 24.3 Å². The molecule has 0 saturated carbocycles. The van der Waals surface area contributed by atoms with E-state index < -0.39 is 5.97 Å². The number of nitrogens with zero attached hydrogens (tertiary/aromatic N) is 4. The summed E-state index contributed by atoms with van der Waals surface area (Å²) in [6.45, 7) is 22.4. The number of pyridine rings is 4. The Bertz CT molecular complexity index is 3590. The number of amides is 1. The minimum atomic E-state index is -0.896. The Hall–Kier alpha value is -7.51. The maximum absolute atomic E-state index is 13.6. The van der Waals surface area contributed by atoms with Gasteiger partial charge in [0.05, 0.1) is 46.2 Å². The van der Waals surface area contributed by atoms with Crippen molar-refractivity contribution in [3.05, 3.63) is 185 Å². The van der Waals surface area contributed by atoms with Gasteiger partial charge in [-0.15, -0.1) is 12.4 Å². The molecule has 6 N–H and O–H groups in total. The molecule has 8 heterocycles. The number of carboxylic acids is 1. The molecule has 0 radical (unpaired) electrons. The highest BCUT2D eigenvalue weighted by Crippen LogP contribution is 2.35. The average Bonchev–Trinajstić information content (AvgIpc) is 4.25. The Balaban J connectivity index is 0.000000221. The first-order valence-corrected chi connectivity index (χ1v) is 26.7. The number of nitrogens with two attached hydrogens (primary N) is 1. The zero-order valence-corrected chi connectivity index (χ0v) is 48.3. The molecule has 2 unspecified atom stereocenters. The van der Waals surface area contributed by atoms with E-state index in [2.05, 4.69) is 66.2 Å². The van der Waals surface area contributed by atoms with Crippen LogP contribution in [0, 0.1) is 41.5 Å². The molecule has 2 fully saturated rings. The normalized spacial score (nSPS) is 14.3. The van der Waals surface area contributed by atoms with Crippen molar-refractivity contribution in [3.8, 4) is 33.8 Å². The van der Waals surface area contributed by atoms with Crippen molar-refractivity contribution in [1.82, 2.24) is 33.9 Å². The molecule has 17 nitrogen and oxygen atoms in total. The van der Waals surface area contributed by atoms with Crippen molar-refractivity contribution in [2.75, 3.05) is 66.8 Å². The number of hydrogen-bond donors (Lipinski definition) is 5. The minimum absolute atomic E-state index is 0. The van der Waals surface area contributed by atoms with Crippen LogP contribution >= 0.6 is 12.4 Å². The summed E-state index contributed by atoms with van der Waals surface area (Å²) in [6.07, 6.45) is 4.25. The van der Waals surface area contributed by atoms with E-state index >= 15 is 0 Å². The Morgan fingerprint density at radius 3 is 1.40 bits per heavy atom. The lowest BCUT2D eigenvalue weighted by molar-refractivity contribution is 0.0186. The van der Waals surface area contributed by atoms with Crippen molar-refractivity contribution in [2.24, 2.45) is 5.73 Å². The van der Waals surface area contributed by atoms with Gasteiger partial charge < -0.3 is 53.9 Å². The number of aromatic amines is 2. The summed E-state index contributed by atoms with van der Waals surface area (Å²) >= 11 is 0. The third kappa shape index (κ3) is 14.2. The van der Waals surface area contributed by atoms with Gasteiger partial charge in [0.25, 0.3) is 17.0 Å². The van der Waals surface area contributed by atoms with E-state index in [1.165, 1.54) is 0 Å². The summed E-state index contributed by atoms with van der Waals surface area (Å²) in [6, 6.07) is 27.7. The summed E-state index contributed by atoms with van der Waals surface area (Å²) in [5.41, 5.74) is 20.7. The van der Waals surface area contributed by atoms with Gasteiger partial charge in [0.1, 0.15) is 11.5 Å². The molecule has 81 heavy (non-hydrogen) atoms. The third-order valence-electron chi connectivity index (χ3n) is 15.3. The number of morpholine rings is 2. The largest absolute Gasteiger partial charge is 0.497 e. The Kier molecular flexibility index (Phi) is 21.5. The number of hydrogen-bond acceptors (Lipinski definition) is 11. The van der Waals surface area contributed by atoms with Gasteiger partial charge in [0, 0.05) is 125 Å². The molecular weight excluding hydrogens is 1050 g/mol. The number of aromatic carboxylic acids is 1. The lowest BCUT2D eigenvalue weighted by Crippen LogP contribution is -2.39. The summed E-state index contributed by atoms with van der Waals surface area (Å²) < 4.78 is 26.0. The second kappa shape index (κ2) is 27.8. The number of fused-ring (bicyclic) bond motifs is 2. The number of aromatic nitrogens is 4. The predicted molar refractivity (Wildman–Crippen MR) is 323 cm³/mol. The van der Waals surface area contributed by atoms with Gasteiger partial charge in [0.15, 0.2) is 0 Å². The first kappa shape index (κ1) is 62.7. The molecule has 1 amide bonds. The lowest BCUT2D eigenvalue weighted by atomic mass is 10.0. The van der Waals surface area contributed by atoms with Crippen LogP contribution in [0.2, 0.25) is 0 Å². The molecule has 0 aliphatic carbocycles. The van der Waals surface area contributed by atoms with Gasteiger partial charge in [-0.25, -0.2) is 4.79 Å². The number of nitrogens with one attached hydrogen (secondary N) is 3. The van der Waals surface area contributed by atoms with Gasteiger partial charge in [-0.1, -0.05) is 31.7 Å². The molecule has 2 aliphatic rings. The lowest BCUT2D eigenvalue weighted by Gasteiger charge is -2.34. The number of benzene rings is 2. The quantitative estimate of drug-likeness (QED) is 0.0731. The number of carbonyl (C=O) groups excluding carboxylic acids is 1. The maximum atomic E-state index is 13.6. The number of halogens is 1. The highest BCUT2D eigenvalue weighted by molar-refractivity contribution is 5.97. The van der Waals surface area contributed by atoms with Crippen LogP contribution in [0.4, 0.5) is 0 Å². The second-order valence-corrected chi connectivity index (χ2v) is 20.4. The molecule has 2 aromatic carbocycles. The van der Waals surface area contributed by atoms with E-state index in [4.69, 9.17) is 24.7 Å². The standard InChI is InChI=1S/C31H36N4O4.C23H26N2O4.C8H12N2O.CH4.ClH/c1-19-14-20(2)33-31(37)28(19)17-32-30(36)27-16-25-15-24(23-6-8-26(38-5)9-7-23)18-35(25)29(21(27)3)22(4)34-10-12-39-13-11-34;1-15-21(23(26)27)13-19-12-18(17-4-6-20(28-3)7-5-17)14-25(19)22(15)16(2)24-8-10-29-11-9-24;1-5-3-6(2)10-8(11)7(5)4-9;;/h6-9,14-16,18,22H,10-13,17H2,1-5H3,(H,32,36)(H,33,37);4-7,12-14,16H,8-11H2,1-3H3,(H,26,27);3H,4,9H2,1-2H3,(H,10,11);1H4;1H. The summed E-state index contributed by atoms with van der Waals surface area (Å²) in [4.78, 5) is 59.4. The van der Waals surface area contributed by atoms with E-state index in [0.29, 0.717) is 55.2 Å². The molecule has 2 aliphatic heterocycles. The van der Waals surface area contributed by atoms with Gasteiger partial charge in [-0.2, -0.15) is 0 Å². The number of rotatable bonds is 13. The van der Waals surface area contributed by atoms with Gasteiger partial charge in [0.2, 0.25) is 0 Å². The predicted octanol–water partition coefficient (Wildman–Crippen LogP) is 10.1. The molecule has 0 spiro atoms. The molecule has 0 bridgehead atoms. The number of carbonyl (C=O) groups is 2. The molecule has 2 atom stereocenters. The SMILES string of the molecule is C.COc1ccc(-c2cc3cc(C(=O)NCc4c(C)cc(C)[nH]c4=O)c(C)c(C(C)N4CCOCC4)n3c2)cc1.COc1ccc(-c2cc3cc(C(=O)O)c(C)c(C(C)N4CCOCC4)n3c2)cc1.Cc1cc(C)c(CN)c(=O)[nH]1.Cl. The van der Waals surface area contributed by atoms with Crippen LogP contribution in [0.15, 0.2) is 107 Å². The van der Waals surface area contributed by atoms with Crippen LogP contribution in [0.5, 0.6) is 11.5 Å². The molecular formula is C63H79ClN8O9. The maximum Gasteiger partial charge on any atom is 0.336 e. The summed E-state index contributed by atoms with van der Waals surface area (Å²) in [7, 11) is 3.31. The van der Waals surface area contributed by atoms with Crippen molar-refractivity contribution in [3.63, 3.8) is 0 Å². The molecule has 2 saturated heterocycles. The molecule has 10 rings (SSSR count). The molecule has 8 aromatic rings. The minimum Gasteiger partial charge on any atom is -0.497 e. The molecule has 432 valence electrons. The zero-order chi connectivity index (χ0) is 56.7. The zero-order valence-electron chi connectivity index (χ0n) is 47.5. The van der Waals surface area contributed by atoms with Crippen LogP contribution in [0.1, 0.15) is 110 Å². The van der Waals surface area contributed by atoms with Crippen LogP contribution in [-0.4, -0.2) is 112 Å². The monoisotopic (exact) mass is 1130 g/mol. The summed E-state index contributed by atoms with van der Waals surface area (Å²) in [5, 5.41) is 12.8. The van der Waals surface area contributed by atoms with Gasteiger partial charge in [-0.05, 0) is 149 Å². The average molecular weight is 1130 g/mol. The fourth-order valence-corrected chi connectivity index (χ4v) is 10.9. The van der Waals surface area contributed by atoms with E-state index in [1.807, 2.05) is 114 Å². The summed E-state index contributed by atoms with van der Waals surface area (Å²) in [5.74, 6) is 0.523. The van der Waals surface area contributed by atoms with Gasteiger partial charge >= 0.3 is 5.97 Å². The topological polar surface area (TPSA) is 210 Å². The van der Waals surface area contributed by atoms with Crippen LogP contribution in [0.3, 0.4) is 0 Å². The number of ether oxygens (including phenoxy) is 4. The van der Waals surface area contributed by atoms with E-state index in [-0.39, 0.29) is 55.5 Å². The van der Waals surface area contributed by atoms with E-state index in [1.54, 1.807) is 20.3 Å². The van der Waals surface area contributed by atoms with E-state index in [0.717, 1.165) is 116 Å². The Labute approximate surface area is 480 Å². The second-order valence-electron chi connectivity index (χ2n) is 20.4.